The summed E-state index contributed by atoms with van der Waals surface area (Å²) in [6, 6.07) is 7.66. The average Bonchev–Trinajstić information content (AvgIpc) is 2.84. The van der Waals surface area contributed by atoms with E-state index in [0.717, 1.165) is 6.07 Å². The second kappa shape index (κ2) is 4.98. The molecule has 18 heavy (non-hydrogen) atoms. The van der Waals surface area contributed by atoms with Crippen LogP contribution in [0.2, 0.25) is 0 Å². The summed E-state index contributed by atoms with van der Waals surface area (Å²) in [4.78, 5) is 0. The van der Waals surface area contributed by atoms with E-state index >= 15 is 0 Å². The molecule has 2 aromatic rings. The molecule has 0 unspecified atom stereocenters. The van der Waals surface area contributed by atoms with Crippen LogP contribution in [0.15, 0.2) is 24.4 Å². The van der Waals surface area contributed by atoms with Crippen molar-refractivity contribution in [2.75, 3.05) is 0 Å². The topological polar surface area (TPSA) is 85.5 Å². The smallest absolute Gasteiger partial charge is 0.166 e. The van der Waals surface area contributed by atoms with Gasteiger partial charge in [0.2, 0.25) is 0 Å². The van der Waals surface area contributed by atoms with Gasteiger partial charge in [-0.25, -0.2) is 4.39 Å². The maximum atomic E-state index is 13.5. The van der Waals surface area contributed by atoms with E-state index in [1.54, 1.807) is 0 Å². The zero-order valence-electron chi connectivity index (χ0n) is 9.14. The van der Waals surface area contributed by atoms with Crippen molar-refractivity contribution in [2.45, 2.75) is 6.61 Å². The molecule has 0 radical (unpaired) electrons. The Morgan fingerprint density at radius 3 is 2.83 bits per heavy atom. The molecule has 1 heterocycles. The predicted octanol–water partition coefficient (Wildman–Crippen LogP) is 1.87. The van der Waals surface area contributed by atoms with Crippen LogP contribution in [0.1, 0.15) is 16.8 Å². The van der Waals surface area contributed by atoms with Crippen molar-refractivity contribution in [3.63, 3.8) is 0 Å². The second-order valence-corrected chi connectivity index (χ2v) is 3.43. The third-order valence-corrected chi connectivity index (χ3v) is 2.27. The lowest BCUT2D eigenvalue weighted by molar-refractivity contribution is 0.290. The average molecular weight is 242 g/mol. The van der Waals surface area contributed by atoms with Crippen molar-refractivity contribution in [1.82, 2.24) is 10.2 Å². The molecule has 5 nitrogen and oxygen atoms in total. The standard InChI is InChI=1S/C12H7FN4O/c13-10-3-8(4-14)1-2-12(10)18-7-9-6-16-17-11(9)5-15/h1-3,6H,7H2,(H,16,17). The molecule has 1 N–H and O–H groups in total. The Morgan fingerprint density at radius 2 is 2.17 bits per heavy atom. The molecule has 0 atom stereocenters. The first kappa shape index (κ1) is 11.6. The van der Waals surface area contributed by atoms with Crippen molar-refractivity contribution < 1.29 is 9.13 Å². The number of nitrogens with zero attached hydrogens (tertiary/aromatic N) is 3. The maximum absolute atomic E-state index is 13.5. The molecule has 0 saturated carbocycles. The summed E-state index contributed by atoms with van der Waals surface area (Å²) >= 11 is 0. The van der Waals surface area contributed by atoms with Gasteiger partial charge in [-0.3, -0.25) is 5.10 Å². The fourth-order valence-corrected chi connectivity index (χ4v) is 1.36. The molecule has 0 aliphatic carbocycles. The van der Waals surface area contributed by atoms with Gasteiger partial charge in [-0.05, 0) is 18.2 Å². The minimum absolute atomic E-state index is 0.0269. The van der Waals surface area contributed by atoms with Gasteiger partial charge >= 0.3 is 0 Å². The normalized spacial score (nSPS) is 9.50. The molecule has 1 aromatic heterocycles. The van der Waals surface area contributed by atoms with Crippen molar-refractivity contribution >= 4 is 0 Å². The molecule has 0 aliphatic heterocycles. The van der Waals surface area contributed by atoms with E-state index in [1.807, 2.05) is 12.1 Å². The van der Waals surface area contributed by atoms with Crippen LogP contribution in [-0.2, 0) is 6.61 Å². The Kier molecular flexibility index (Phi) is 3.22. The molecule has 88 valence electrons. The summed E-state index contributed by atoms with van der Waals surface area (Å²) in [5, 5.41) is 23.5. The lowest BCUT2D eigenvalue weighted by Gasteiger charge is -2.05. The fraction of sp³-hybridized carbons (Fsp3) is 0.0833. The number of benzene rings is 1. The molecule has 0 aliphatic rings. The number of H-pyrrole nitrogens is 1. The Balaban J connectivity index is 2.12. The molecule has 0 spiro atoms. The Bertz CT molecular complexity index is 651. The number of nitrogens with one attached hydrogen (secondary N) is 1. The van der Waals surface area contributed by atoms with Gasteiger partial charge in [-0.15, -0.1) is 0 Å². The van der Waals surface area contributed by atoms with E-state index in [9.17, 15) is 4.39 Å². The van der Waals surface area contributed by atoms with Crippen molar-refractivity contribution in [3.8, 4) is 17.9 Å². The third kappa shape index (κ3) is 2.28. The number of aromatic amines is 1. The highest BCUT2D eigenvalue weighted by molar-refractivity contribution is 5.36. The van der Waals surface area contributed by atoms with Crippen LogP contribution in [0.25, 0.3) is 0 Å². The van der Waals surface area contributed by atoms with Crippen molar-refractivity contribution in [3.05, 3.63) is 47.0 Å². The zero-order valence-corrected chi connectivity index (χ0v) is 9.14. The fourth-order valence-electron chi connectivity index (χ4n) is 1.36. The lowest BCUT2D eigenvalue weighted by Crippen LogP contribution is -1.98. The highest BCUT2D eigenvalue weighted by atomic mass is 19.1. The molecular weight excluding hydrogens is 235 g/mol. The van der Waals surface area contributed by atoms with E-state index in [2.05, 4.69) is 10.2 Å². The van der Waals surface area contributed by atoms with Crippen LogP contribution in [0.4, 0.5) is 4.39 Å². The maximum Gasteiger partial charge on any atom is 0.166 e. The zero-order chi connectivity index (χ0) is 13.0. The Labute approximate surface area is 102 Å². The van der Waals surface area contributed by atoms with Gasteiger partial charge < -0.3 is 4.74 Å². The molecule has 1 aromatic carbocycles. The van der Waals surface area contributed by atoms with Crippen molar-refractivity contribution in [1.29, 1.82) is 10.5 Å². The minimum atomic E-state index is -0.615. The van der Waals surface area contributed by atoms with E-state index < -0.39 is 5.82 Å². The summed E-state index contributed by atoms with van der Waals surface area (Å²) in [6.07, 6.45) is 1.44. The van der Waals surface area contributed by atoms with E-state index in [1.165, 1.54) is 18.3 Å². The molecule has 2 rings (SSSR count). The Morgan fingerprint density at radius 1 is 1.33 bits per heavy atom. The van der Waals surface area contributed by atoms with Crippen molar-refractivity contribution in [2.24, 2.45) is 0 Å². The summed E-state index contributed by atoms with van der Waals surface area (Å²) in [7, 11) is 0. The van der Waals surface area contributed by atoms with E-state index in [0.29, 0.717) is 5.56 Å². The molecule has 6 heteroatoms. The van der Waals surface area contributed by atoms with Gasteiger partial charge in [0.25, 0.3) is 0 Å². The summed E-state index contributed by atoms with van der Waals surface area (Å²) in [6.45, 7) is 0.0300. The van der Waals surface area contributed by atoms with E-state index in [4.69, 9.17) is 15.3 Å². The Hall–Kier alpha value is -2.86. The van der Waals surface area contributed by atoms with Gasteiger partial charge in [0, 0.05) is 5.56 Å². The third-order valence-electron chi connectivity index (χ3n) is 2.27. The van der Waals surface area contributed by atoms with Crippen LogP contribution in [0.3, 0.4) is 0 Å². The minimum Gasteiger partial charge on any atom is -0.486 e. The number of aromatic nitrogens is 2. The van der Waals surface area contributed by atoms with Gasteiger partial charge in [-0.1, -0.05) is 0 Å². The van der Waals surface area contributed by atoms with Gasteiger partial charge in [0.1, 0.15) is 18.4 Å². The molecule has 0 amide bonds. The van der Waals surface area contributed by atoms with E-state index in [-0.39, 0.29) is 23.6 Å². The molecule has 0 fully saturated rings. The number of halogens is 1. The van der Waals surface area contributed by atoms with Gasteiger partial charge in [0.15, 0.2) is 11.6 Å². The number of hydrogen-bond acceptors (Lipinski definition) is 4. The highest BCUT2D eigenvalue weighted by Crippen LogP contribution is 2.19. The number of rotatable bonds is 3. The quantitative estimate of drug-likeness (QED) is 0.890. The van der Waals surface area contributed by atoms with Gasteiger partial charge in [0.05, 0.1) is 17.8 Å². The number of nitriles is 2. The largest absolute Gasteiger partial charge is 0.486 e. The number of ether oxygens (including phenoxy) is 1. The monoisotopic (exact) mass is 242 g/mol. The lowest BCUT2D eigenvalue weighted by atomic mass is 10.2. The molecule has 0 saturated heterocycles. The second-order valence-electron chi connectivity index (χ2n) is 3.43. The van der Waals surface area contributed by atoms with Crippen LogP contribution in [0.5, 0.6) is 5.75 Å². The van der Waals surface area contributed by atoms with Crippen LogP contribution in [0, 0.1) is 28.5 Å². The van der Waals surface area contributed by atoms with Crippen LogP contribution >= 0.6 is 0 Å². The van der Waals surface area contributed by atoms with Gasteiger partial charge in [-0.2, -0.15) is 15.6 Å². The summed E-state index contributed by atoms with van der Waals surface area (Å²) < 4.78 is 18.7. The molecular formula is C12H7FN4O. The molecule has 0 bridgehead atoms. The summed E-state index contributed by atoms with van der Waals surface area (Å²) in [5.74, 6) is -0.588. The first-order valence-corrected chi connectivity index (χ1v) is 4.99. The highest BCUT2D eigenvalue weighted by Gasteiger charge is 2.08. The first-order chi connectivity index (χ1) is 8.74. The SMILES string of the molecule is N#Cc1ccc(OCc2cn[nH]c2C#N)c(F)c1. The first-order valence-electron chi connectivity index (χ1n) is 4.99. The van der Waals surface area contributed by atoms with Crippen LogP contribution < -0.4 is 4.74 Å². The predicted molar refractivity (Wildman–Crippen MR) is 58.7 cm³/mol. The summed E-state index contributed by atoms with van der Waals surface area (Å²) in [5.41, 5.74) is 1.05. The number of hydrogen-bond donors (Lipinski definition) is 1. The van der Waals surface area contributed by atoms with Crippen LogP contribution in [-0.4, -0.2) is 10.2 Å².